The van der Waals surface area contributed by atoms with E-state index in [1.54, 1.807) is 12.1 Å². The summed E-state index contributed by atoms with van der Waals surface area (Å²) >= 11 is 1.32. The standard InChI is InChI=1S/C14H13F3N2OS/c15-14(16,17)20-12-4-2-1-3-11(12)13-19-10(8-21-13)7-18-9-5-6-9/h1-4,8-9,18H,5-7H2. The number of nitrogens with one attached hydrogen (secondary N) is 1. The second-order valence-electron chi connectivity index (χ2n) is 4.84. The first-order chi connectivity index (χ1) is 10.0. The fourth-order valence-electron chi connectivity index (χ4n) is 1.91. The molecule has 0 spiro atoms. The van der Waals surface area contributed by atoms with Gasteiger partial charge in [-0.25, -0.2) is 4.98 Å². The summed E-state index contributed by atoms with van der Waals surface area (Å²) in [5.41, 5.74) is 1.20. The Hall–Kier alpha value is -1.60. The minimum atomic E-state index is -4.70. The lowest BCUT2D eigenvalue weighted by atomic mass is 10.2. The third-order valence-corrected chi connectivity index (χ3v) is 3.97. The molecule has 112 valence electrons. The van der Waals surface area contributed by atoms with Crippen LogP contribution in [0.1, 0.15) is 18.5 Å². The topological polar surface area (TPSA) is 34.1 Å². The van der Waals surface area contributed by atoms with E-state index >= 15 is 0 Å². The summed E-state index contributed by atoms with van der Waals surface area (Å²) in [6.07, 6.45) is -2.35. The van der Waals surface area contributed by atoms with Gasteiger partial charge in [-0.2, -0.15) is 0 Å². The monoisotopic (exact) mass is 314 g/mol. The van der Waals surface area contributed by atoms with Crippen molar-refractivity contribution in [2.75, 3.05) is 0 Å². The van der Waals surface area contributed by atoms with Crippen molar-refractivity contribution in [2.24, 2.45) is 0 Å². The van der Waals surface area contributed by atoms with Crippen LogP contribution in [-0.2, 0) is 6.54 Å². The van der Waals surface area contributed by atoms with Gasteiger partial charge in [0.25, 0.3) is 0 Å². The molecule has 0 unspecified atom stereocenters. The third-order valence-electron chi connectivity index (χ3n) is 3.04. The second-order valence-corrected chi connectivity index (χ2v) is 5.70. The lowest BCUT2D eigenvalue weighted by Gasteiger charge is -2.11. The van der Waals surface area contributed by atoms with E-state index in [-0.39, 0.29) is 5.75 Å². The van der Waals surface area contributed by atoms with Crippen LogP contribution in [0.3, 0.4) is 0 Å². The quantitative estimate of drug-likeness (QED) is 0.907. The van der Waals surface area contributed by atoms with Gasteiger partial charge in [-0.15, -0.1) is 24.5 Å². The van der Waals surface area contributed by atoms with E-state index in [1.165, 1.54) is 36.3 Å². The maximum Gasteiger partial charge on any atom is 0.573 e. The molecule has 1 aliphatic carbocycles. The van der Waals surface area contributed by atoms with Gasteiger partial charge in [0.05, 0.1) is 11.3 Å². The Kier molecular flexibility index (Phi) is 3.86. The number of nitrogens with zero attached hydrogens (tertiary/aromatic N) is 1. The number of para-hydroxylation sites is 1. The number of halogens is 3. The van der Waals surface area contributed by atoms with Crippen LogP contribution in [0, 0.1) is 0 Å². The maximum absolute atomic E-state index is 12.4. The maximum atomic E-state index is 12.4. The Morgan fingerprint density at radius 3 is 2.76 bits per heavy atom. The number of thiazole rings is 1. The van der Waals surface area contributed by atoms with Crippen LogP contribution in [0.15, 0.2) is 29.6 Å². The number of alkyl halides is 3. The molecular formula is C14H13F3N2OS. The molecule has 1 aliphatic rings. The fourth-order valence-corrected chi connectivity index (χ4v) is 2.75. The number of ether oxygens (including phenoxy) is 1. The molecule has 0 saturated heterocycles. The highest BCUT2D eigenvalue weighted by atomic mass is 32.1. The van der Waals surface area contributed by atoms with Gasteiger partial charge >= 0.3 is 6.36 Å². The highest BCUT2D eigenvalue weighted by Crippen LogP contribution is 2.35. The zero-order valence-corrected chi connectivity index (χ0v) is 11.8. The van der Waals surface area contributed by atoms with Gasteiger partial charge in [-0.3, -0.25) is 0 Å². The molecule has 0 aliphatic heterocycles. The molecule has 1 fully saturated rings. The first-order valence-corrected chi connectivity index (χ1v) is 7.42. The zero-order chi connectivity index (χ0) is 14.9. The Labute approximate surface area is 123 Å². The van der Waals surface area contributed by atoms with Crippen molar-refractivity contribution in [2.45, 2.75) is 31.8 Å². The van der Waals surface area contributed by atoms with Crippen LogP contribution in [-0.4, -0.2) is 17.4 Å². The van der Waals surface area contributed by atoms with E-state index in [9.17, 15) is 13.2 Å². The fraction of sp³-hybridized carbons (Fsp3) is 0.357. The van der Waals surface area contributed by atoms with E-state index in [2.05, 4.69) is 15.0 Å². The normalized spacial score (nSPS) is 15.2. The number of hydrogen-bond acceptors (Lipinski definition) is 4. The van der Waals surface area contributed by atoms with E-state index in [1.807, 2.05) is 5.38 Å². The van der Waals surface area contributed by atoms with E-state index < -0.39 is 6.36 Å². The molecular weight excluding hydrogens is 301 g/mol. The molecule has 21 heavy (non-hydrogen) atoms. The molecule has 1 saturated carbocycles. The van der Waals surface area contributed by atoms with Gasteiger partial charge in [0.2, 0.25) is 0 Å². The lowest BCUT2D eigenvalue weighted by molar-refractivity contribution is -0.274. The number of benzene rings is 1. The summed E-state index contributed by atoms with van der Waals surface area (Å²) < 4.78 is 41.3. The number of rotatable bonds is 5. The van der Waals surface area contributed by atoms with E-state index in [0.29, 0.717) is 23.2 Å². The molecule has 3 rings (SSSR count). The van der Waals surface area contributed by atoms with Crippen molar-refractivity contribution < 1.29 is 17.9 Å². The van der Waals surface area contributed by atoms with Gasteiger partial charge < -0.3 is 10.1 Å². The van der Waals surface area contributed by atoms with Crippen molar-refractivity contribution in [3.05, 3.63) is 35.3 Å². The van der Waals surface area contributed by atoms with Gasteiger partial charge in [0.15, 0.2) is 0 Å². The van der Waals surface area contributed by atoms with Crippen molar-refractivity contribution in [1.29, 1.82) is 0 Å². The van der Waals surface area contributed by atoms with Crippen LogP contribution >= 0.6 is 11.3 Å². The highest BCUT2D eigenvalue weighted by molar-refractivity contribution is 7.13. The minimum absolute atomic E-state index is 0.221. The molecule has 1 aromatic carbocycles. The highest BCUT2D eigenvalue weighted by Gasteiger charge is 2.32. The second kappa shape index (κ2) is 5.65. The van der Waals surface area contributed by atoms with Gasteiger partial charge in [-0.05, 0) is 25.0 Å². The van der Waals surface area contributed by atoms with Crippen molar-refractivity contribution in [1.82, 2.24) is 10.3 Å². The lowest BCUT2D eigenvalue weighted by Crippen LogP contribution is -2.17. The average molecular weight is 314 g/mol. The molecule has 1 aromatic heterocycles. The van der Waals surface area contributed by atoms with Crippen LogP contribution < -0.4 is 10.1 Å². The summed E-state index contributed by atoms with van der Waals surface area (Å²) in [5.74, 6) is -0.221. The molecule has 1 N–H and O–H groups in total. The third kappa shape index (κ3) is 3.95. The van der Waals surface area contributed by atoms with E-state index in [0.717, 1.165) is 5.69 Å². The Balaban J connectivity index is 1.79. The Bertz CT molecular complexity index is 623. The molecule has 7 heteroatoms. The largest absolute Gasteiger partial charge is 0.573 e. The predicted molar refractivity (Wildman–Crippen MR) is 74.1 cm³/mol. The first-order valence-electron chi connectivity index (χ1n) is 6.54. The van der Waals surface area contributed by atoms with Crippen LogP contribution in [0.4, 0.5) is 13.2 Å². The minimum Gasteiger partial charge on any atom is -0.405 e. The Morgan fingerprint density at radius 2 is 2.05 bits per heavy atom. The Morgan fingerprint density at radius 1 is 1.29 bits per heavy atom. The molecule has 2 aromatic rings. The summed E-state index contributed by atoms with van der Waals surface area (Å²) in [7, 11) is 0. The van der Waals surface area contributed by atoms with Crippen LogP contribution in [0.25, 0.3) is 10.6 Å². The van der Waals surface area contributed by atoms with Crippen LogP contribution in [0.2, 0.25) is 0 Å². The zero-order valence-electron chi connectivity index (χ0n) is 11.0. The first kappa shape index (κ1) is 14.3. The summed E-state index contributed by atoms with van der Waals surface area (Å²) in [4.78, 5) is 4.38. The number of aromatic nitrogens is 1. The predicted octanol–water partition coefficient (Wildman–Crippen LogP) is 3.96. The van der Waals surface area contributed by atoms with Gasteiger partial charge in [-0.1, -0.05) is 12.1 Å². The number of hydrogen-bond donors (Lipinski definition) is 1. The van der Waals surface area contributed by atoms with Crippen molar-refractivity contribution in [3.63, 3.8) is 0 Å². The van der Waals surface area contributed by atoms with Gasteiger partial charge in [0, 0.05) is 18.0 Å². The van der Waals surface area contributed by atoms with Crippen LogP contribution in [0.5, 0.6) is 5.75 Å². The summed E-state index contributed by atoms with van der Waals surface area (Å²) in [6.45, 7) is 0.642. The molecule has 0 amide bonds. The molecule has 0 atom stereocenters. The molecule has 0 bridgehead atoms. The smallest absolute Gasteiger partial charge is 0.405 e. The molecule has 0 radical (unpaired) electrons. The van der Waals surface area contributed by atoms with Crippen molar-refractivity contribution in [3.8, 4) is 16.3 Å². The summed E-state index contributed by atoms with van der Waals surface area (Å²) in [5, 5.41) is 5.71. The molecule has 3 nitrogen and oxygen atoms in total. The molecule has 1 heterocycles. The van der Waals surface area contributed by atoms with Crippen molar-refractivity contribution >= 4 is 11.3 Å². The average Bonchev–Trinajstić information content (AvgIpc) is 3.13. The van der Waals surface area contributed by atoms with Gasteiger partial charge in [0.1, 0.15) is 10.8 Å². The van der Waals surface area contributed by atoms with E-state index in [4.69, 9.17) is 0 Å². The SMILES string of the molecule is FC(F)(F)Oc1ccccc1-c1nc(CNC2CC2)cs1. The summed E-state index contributed by atoms with van der Waals surface area (Å²) in [6, 6.07) is 6.62.